The van der Waals surface area contributed by atoms with E-state index < -0.39 is 9.92 Å². The van der Waals surface area contributed by atoms with Crippen LogP contribution in [0.25, 0.3) is 0 Å². The monoisotopic (exact) mass is 448 g/mol. The Morgan fingerprint density at radius 1 is 1.26 bits per heavy atom. The SMILES string of the molecule is CC1CCc2c1nc1c(c2NC=O)CCC1.CN=S(N)(=O)/C(=C/N)C1=NC(C)CCO1. The van der Waals surface area contributed by atoms with Crippen LogP contribution in [-0.2, 0) is 38.7 Å². The maximum Gasteiger partial charge on any atom is 0.229 e. The summed E-state index contributed by atoms with van der Waals surface area (Å²) in [6.07, 6.45) is 8.32. The third-order valence-corrected chi connectivity index (χ3v) is 7.40. The fourth-order valence-electron chi connectivity index (χ4n) is 4.19. The second-order valence-corrected chi connectivity index (χ2v) is 9.98. The van der Waals surface area contributed by atoms with Crippen molar-refractivity contribution in [1.29, 1.82) is 0 Å². The molecule has 3 unspecified atom stereocenters. The van der Waals surface area contributed by atoms with E-state index in [0.717, 1.165) is 44.0 Å². The van der Waals surface area contributed by atoms with Gasteiger partial charge in [0.05, 0.1) is 18.3 Å². The Bertz CT molecular complexity index is 1030. The molecule has 31 heavy (non-hydrogen) atoms. The first-order chi connectivity index (χ1) is 14.8. The minimum atomic E-state index is -2.98. The molecule has 0 radical (unpaired) electrons. The molecule has 2 heterocycles. The molecule has 9 nitrogen and oxygen atoms in total. The van der Waals surface area contributed by atoms with E-state index in [0.29, 0.717) is 12.5 Å². The Labute approximate surface area is 184 Å². The van der Waals surface area contributed by atoms with Crippen molar-refractivity contribution in [2.75, 3.05) is 19.0 Å². The van der Waals surface area contributed by atoms with Gasteiger partial charge in [0.15, 0.2) is 0 Å². The van der Waals surface area contributed by atoms with Crippen molar-refractivity contribution in [3.8, 4) is 0 Å². The van der Waals surface area contributed by atoms with Crippen LogP contribution in [0.1, 0.15) is 61.5 Å². The minimum absolute atomic E-state index is 0.121. The highest BCUT2D eigenvalue weighted by Gasteiger charge is 2.28. The maximum atomic E-state index is 11.8. The van der Waals surface area contributed by atoms with Crippen LogP contribution in [-0.4, -0.2) is 41.2 Å². The number of fused-ring (bicyclic) bond motifs is 2. The topological polar surface area (TPSA) is 145 Å². The molecule has 1 amide bonds. The van der Waals surface area contributed by atoms with Gasteiger partial charge in [-0.1, -0.05) is 6.92 Å². The molecule has 1 aliphatic heterocycles. The first-order valence-electron chi connectivity index (χ1n) is 10.6. The van der Waals surface area contributed by atoms with E-state index in [9.17, 15) is 9.00 Å². The molecular weight excluding hydrogens is 416 g/mol. The number of amides is 1. The molecule has 10 heteroatoms. The van der Waals surface area contributed by atoms with E-state index in [1.165, 1.54) is 42.4 Å². The van der Waals surface area contributed by atoms with Crippen LogP contribution in [0, 0.1) is 0 Å². The van der Waals surface area contributed by atoms with Crippen molar-refractivity contribution in [3.05, 3.63) is 33.6 Å². The number of nitrogens with two attached hydrogens (primary N) is 2. The van der Waals surface area contributed by atoms with Gasteiger partial charge >= 0.3 is 0 Å². The van der Waals surface area contributed by atoms with Crippen molar-refractivity contribution in [2.45, 2.75) is 64.3 Å². The van der Waals surface area contributed by atoms with Gasteiger partial charge < -0.3 is 15.8 Å². The Morgan fingerprint density at radius 3 is 2.68 bits per heavy atom. The lowest BCUT2D eigenvalue weighted by atomic mass is 10.0. The molecule has 1 aromatic heterocycles. The highest BCUT2D eigenvalue weighted by molar-refractivity contribution is 7.96. The molecule has 3 aliphatic rings. The molecule has 5 N–H and O–H groups in total. The number of hydrogen-bond acceptors (Lipinski definition) is 7. The third kappa shape index (κ3) is 4.90. The normalized spacial score (nSPS) is 23.9. The van der Waals surface area contributed by atoms with Gasteiger partial charge in [0, 0.05) is 31.1 Å². The van der Waals surface area contributed by atoms with E-state index >= 15 is 0 Å². The zero-order valence-corrected chi connectivity index (χ0v) is 19.2. The van der Waals surface area contributed by atoms with E-state index in [2.05, 4.69) is 21.6 Å². The smallest absolute Gasteiger partial charge is 0.229 e. The summed E-state index contributed by atoms with van der Waals surface area (Å²) in [6, 6.07) is 0.121. The summed E-state index contributed by atoms with van der Waals surface area (Å²) in [5.74, 6) is 0.794. The predicted molar refractivity (Wildman–Crippen MR) is 123 cm³/mol. The molecule has 1 aromatic rings. The van der Waals surface area contributed by atoms with Gasteiger partial charge in [0.25, 0.3) is 0 Å². The lowest BCUT2D eigenvalue weighted by Gasteiger charge is -2.19. The number of hydrogen-bond donors (Lipinski definition) is 3. The zero-order valence-electron chi connectivity index (χ0n) is 18.4. The number of anilines is 1. The molecular formula is C21H32N6O3S. The molecule has 0 saturated heterocycles. The van der Waals surface area contributed by atoms with Crippen molar-refractivity contribution in [1.82, 2.24) is 4.98 Å². The lowest BCUT2D eigenvalue weighted by molar-refractivity contribution is -0.105. The standard InChI is InChI=1S/C13H16N2O.C8H16N4O2S/c1-8-5-6-10-12(8)15-11-4-2-3-9(11)13(10)14-7-16;1-6-3-4-14-8(12-6)7(5-9)15(10,13)11-2/h7-8H,2-6H2,1H3,(H,14,15,16);5-6H,3-4,9H2,1-2H3,(H2,10,11,13)/b;7-5+. The highest BCUT2D eigenvalue weighted by atomic mass is 32.2. The second kappa shape index (κ2) is 9.78. The predicted octanol–water partition coefficient (Wildman–Crippen LogP) is 2.15. The number of pyridine rings is 1. The number of aliphatic imine (C=N–C) groups is 1. The van der Waals surface area contributed by atoms with Gasteiger partial charge in [-0.05, 0) is 56.1 Å². The molecule has 0 fully saturated rings. The Balaban J connectivity index is 0.000000176. The number of nitrogens with zero attached hydrogens (tertiary/aromatic N) is 3. The number of carbonyl (C=O) groups is 1. The highest BCUT2D eigenvalue weighted by Crippen LogP contribution is 2.40. The molecule has 0 bridgehead atoms. The van der Waals surface area contributed by atoms with Gasteiger partial charge in [-0.25, -0.2) is 18.7 Å². The van der Waals surface area contributed by atoms with Crippen LogP contribution in [0.4, 0.5) is 5.69 Å². The molecule has 4 rings (SSSR count). The minimum Gasteiger partial charge on any atom is -0.477 e. The summed E-state index contributed by atoms with van der Waals surface area (Å²) in [5.41, 5.74) is 11.5. The van der Waals surface area contributed by atoms with Crippen LogP contribution in [0.3, 0.4) is 0 Å². The fraction of sp³-hybridized carbons (Fsp3) is 0.571. The Kier molecular flexibility index (Phi) is 7.32. The van der Waals surface area contributed by atoms with Crippen molar-refractivity contribution in [3.63, 3.8) is 0 Å². The van der Waals surface area contributed by atoms with Gasteiger partial charge in [-0.3, -0.25) is 9.78 Å². The van der Waals surface area contributed by atoms with E-state index in [4.69, 9.17) is 20.6 Å². The molecule has 0 spiro atoms. The summed E-state index contributed by atoms with van der Waals surface area (Å²) < 4.78 is 20.7. The average molecular weight is 449 g/mol. The maximum absolute atomic E-state index is 11.8. The van der Waals surface area contributed by atoms with E-state index in [1.54, 1.807) is 0 Å². The van der Waals surface area contributed by atoms with Crippen molar-refractivity contribution in [2.24, 2.45) is 20.2 Å². The van der Waals surface area contributed by atoms with Crippen LogP contribution in [0.15, 0.2) is 20.5 Å². The summed E-state index contributed by atoms with van der Waals surface area (Å²) in [6.45, 7) is 4.69. The number of aromatic nitrogens is 1. The van der Waals surface area contributed by atoms with Crippen LogP contribution in [0.5, 0.6) is 0 Å². The van der Waals surface area contributed by atoms with Crippen LogP contribution in [0.2, 0.25) is 0 Å². The number of ether oxygens (including phenoxy) is 1. The number of rotatable bonds is 4. The molecule has 0 aromatic carbocycles. The lowest BCUT2D eigenvalue weighted by Crippen LogP contribution is -2.28. The van der Waals surface area contributed by atoms with Crippen LogP contribution >= 0.6 is 0 Å². The number of nitrogens with one attached hydrogen (secondary N) is 1. The molecule has 2 aliphatic carbocycles. The summed E-state index contributed by atoms with van der Waals surface area (Å²) in [4.78, 5) is 19.9. The second-order valence-electron chi connectivity index (χ2n) is 8.03. The van der Waals surface area contributed by atoms with Gasteiger partial charge in [0.2, 0.25) is 12.3 Å². The molecule has 170 valence electrons. The average Bonchev–Trinajstić information content (AvgIpc) is 3.36. The first-order valence-corrected chi connectivity index (χ1v) is 12.2. The molecule has 0 saturated carbocycles. The van der Waals surface area contributed by atoms with Gasteiger partial charge in [-0.2, -0.15) is 0 Å². The van der Waals surface area contributed by atoms with Gasteiger partial charge in [0.1, 0.15) is 14.8 Å². The van der Waals surface area contributed by atoms with Gasteiger partial charge in [-0.15, -0.1) is 0 Å². The largest absolute Gasteiger partial charge is 0.477 e. The Morgan fingerprint density at radius 2 is 2.03 bits per heavy atom. The van der Waals surface area contributed by atoms with Crippen LogP contribution < -0.4 is 16.2 Å². The van der Waals surface area contributed by atoms with E-state index in [-0.39, 0.29) is 16.8 Å². The van der Waals surface area contributed by atoms with E-state index in [1.807, 2.05) is 6.92 Å². The van der Waals surface area contributed by atoms with Crippen molar-refractivity contribution < 1.29 is 13.7 Å². The number of carbonyl (C=O) groups excluding carboxylic acids is 1. The summed E-state index contributed by atoms with van der Waals surface area (Å²) >= 11 is 0. The van der Waals surface area contributed by atoms with Crippen molar-refractivity contribution >= 4 is 27.9 Å². The zero-order chi connectivity index (χ0) is 22.6. The number of aryl methyl sites for hydroxylation is 1. The Hall–Kier alpha value is -2.46. The first kappa shape index (κ1) is 23.2. The quantitative estimate of drug-likeness (QED) is 0.604. The fourth-order valence-corrected chi connectivity index (χ4v) is 4.94. The summed E-state index contributed by atoms with van der Waals surface area (Å²) in [7, 11) is -1.60. The summed E-state index contributed by atoms with van der Waals surface area (Å²) in [5, 5.41) is 8.41. The molecule has 3 atom stereocenters. The third-order valence-electron chi connectivity index (χ3n) is 5.91.